The van der Waals surface area contributed by atoms with Crippen molar-refractivity contribution in [2.75, 3.05) is 0 Å². The van der Waals surface area contributed by atoms with Gasteiger partial charge in [0.25, 0.3) is 0 Å². The van der Waals surface area contributed by atoms with Gasteiger partial charge in [0.2, 0.25) is 0 Å². The van der Waals surface area contributed by atoms with Crippen LogP contribution in [-0.4, -0.2) is 0 Å². The van der Waals surface area contributed by atoms with E-state index >= 15 is 0 Å². The first-order chi connectivity index (χ1) is 9.74. The predicted molar refractivity (Wildman–Crippen MR) is 63.4 cm³/mol. The van der Waals surface area contributed by atoms with Crippen molar-refractivity contribution in [3.8, 4) is 0 Å². The molecular formula is C14H15N. The molecule has 0 spiro atoms. The quantitative estimate of drug-likeness (QED) is 0.805. The summed E-state index contributed by atoms with van der Waals surface area (Å²) in [7, 11) is 0. The molecule has 0 aliphatic rings. The fourth-order valence-electron chi connectivity index (χ4n) is 1.11. The Labute approximate surface area is 99.2 Å². The van der Waals surface area contributed by atoms with Gasteiger partial charge in [0, 0.05) is 18.5 Å². The standard InChI is InChI=1S/C14H15N/c1-3-7-13(8-4-1)11-15-12-14-9-5-2-6-10-14/h1-10,15H,11-12H2/i7D,9D,11D2,12D2. The summed E-state index contributed by atoms with van der Waals surface area (Å²) in [6.07, 6.45) is 0. The van der Waals surface area contributed by atoms with Crippen LogP contribution in [0.25, 0.3) is 0 Å². The Hall–Kier alpha value is -1.60. The summed E-state index contributed by atoms with van der Waals surface area (Å²) >= 11 is 0. The van der Waals surface area contributed by atoms with Gasteiger partial charge in [-0.3, -0.25) is 0 Å². The molecule has 0 saturated carbocycles. The first-order valence-electron chi connectivity index (χ1n) is 7.65. The summed E-state index contributed by atoms with van der Waals surface area (Å²) in [6.45, 7) is -4.46. The van der Waals surface area contributed by atoms with E-state index < -0.39 is 13.0 Å². The van der Waals surface area contributed by atoms with Crippen molar-refractivity contribution in [1.29, 1.82) is 0 Å². The molecule has 0 aromatic heterocycles. The normalized spacial score (nSPS) is 17.9. The van der Waals surface area contributed by atoms with Crippen LogP contribution >= 0.6 is 0 Å². The molecule has 0 atom stereocenters. The van der Waals surface area contributed by atoms with Crippen LogP contribution in [0, 0.1) is 0 Å². The Morgan fingerprint density at radius 1 is 0.867 bits per heavy atom. The summed E-state index contributed by atoms with van der Waals surface area (Å²) in [4.78, 5) is 0. The molecule has 2 aromatic rings. The highest BCUT2D eigenvalue weighted by Crippen LogP contribution is 2.00. The second kappa shape index (κ2) is 5.32. The van der Waals surface area contributed by atoms with Crippen LogP contribution in [-0.2, 0) is 13.0 Å². The molecule has 0 heterocycles. The van der Waals surface area contributed by atoms with Crippen LogP contribution < -0.4 is 5.32 Å². The van der Waals surface area contributed by atoms with Crippen LogP contribution in [0.15, 0.2) is 60.6 Å². The average molecular weight is 203 g/mol. The number of nitrogens with one attached hydrogen (secondary N) is 1. The molecule has 0 fully saturated rings. The SMILES string of the molecule is [2H]c1ccccc1C([2H])([2H])NC([2H])([2H])c1ccccc1[2H]. The number of hydrogen-bond donors (Lipinski definition) is 1. The van der Waals surface area contributed by atoms with Gasteiger partial charge in [-0.15, -0.1) is 0 Å². The highest BCUT2D eigenvalue weighted by molar-refractivity contribution is 5.16. The Balaban J connectivity index is 2.36. The molecule has 1 N–H and O–H groups in total. The van der Waals surface area contributed by atoms with Gasteiger partial charge in [-0.25, -0.2) is 0 Å². The van der Waals surface area contributed by atoms with E-state index in [1.165, 1.54) is 24.3 Å². The summed E-state index contributed by atoms with van der Waals surface area (Å²) in [5, 5.41) is 2.27. The summed E-state index contributed by atoms with van der Waals surface area (Å²) in [6, 6.07) is 12.2. The maximum atomic E-state index is 8.02. The van der Waals surface area contributed by atoms with E-state index in [0.29, 0.717) is 0 Å². The van der Waals surface area contributed by atoms with Gasteiger partial charge >= 0.3 is 0 Å². The van der Waals surface area contributed by atoms with Gasteiger partial charge in [0.05, 0.1) is 2.74 Å². The molecule has 15 heavy (non-hydrogen) atoms. The number of rotatable bonds is 4. The third-order valence-corrected chi connectivity index (χ3v) is 1.81. The number of benzene rings is 2. The molecule has 1 heteroatoms. The van der Waals surface area contributed by atoms with E-state index in [1.54, 1.807) is 24.3 Å². The summed E-state index contributed by atoms with van der Waals surface area (Å²) < 4.78 is 47.6. The van der Waals surface area contributed by atoms with E-state index in [-0.39, 0.29) is 23.2 Å². The second-order valence-electron chi connectivity index (χ2n) is 2.93. The van der Waals surface area contributed by atoms with Crippen LogP contribution in [0.4, 0.5) is 0 Å². The first kappa shape index (κ1) is 4.95. The van der Waals surface area contributed by atoms with E-state index in [1.807, 2.05) is 0 Å². The Bertz CT molecular complexity index is 585. The molecule has 0 aliphatic heterocycles. The Morgan fingerprint density at radius 2 is 1.40 bits per heavy atom. The van der Waals surface area contributed by atoms with Crippen molar-refractivity contribution in [3.05, 3.63) is 71.7 Å². The molecule has 2 aromatic carbocycles. The second-order valence-corrected chi connectivity index (χ2v) is 2.93. The fraction of sp³-hybridized carbons (Fsp3) is 0.143. The molecule has 2 rings (SSSR count). The first-order valence-corrected chi connectivity index (χ1v) is 4.65. The van der Waals surface area contributed by atoms with Gasteiger partial charge < -0.3 is 5.32 Å². The fourth-order valence-corrected chi connectivity index (χ4v) is 1.11. The smallest absolute Gasteiger partial charge is 0.0626 e. The van der Waals surface area contributed by atoms with Gasteiger partial charge in [-0.1, -0.05) is 60.6 Å². The van der Waals surface area contributed by atoms with Crippen molar-refractivity contribution in [2.24, 2.45) is 0 Å². The largest absolute Gasteiger partial charge is 0.309 e. The molecular weight excluding hydrogens is 182 g/mol. The van der Waals surface area contributed by atoms with Crippen molar-refractivity contribution < 1.29 is 8.22 Å². The van der Waals surface area contributed by atoms with Gasteiger partial charge in [0.1, 0.15) is 0 Å². The summed E-state index contributed by atoms with van der Waals surface area (Å²) in [5.74, 6) is 0. The molecule has 76 valence electrons. The third-order valence-electron chi connectivity index (χ3n) is 1.81. The van der Waals surface area contributed by atoms with E-state index in [4.69, 9.17) is 8.22 Å². The zero-order chi connectivity index (χ0) is 15.7. The maximum absolute atomic E-state index is 8.02. The molecule has 0 unspecified atom stereocenters. The highest BCUT2D eigenvalue weighted by atomic mass is 14.8. The third kappa shape index (κ3) is 3.22. The van der Waals surface area contributed by atoms with Crippen molar-refractivity contribution in [2.45, 2.75) is 13.0 Å². The minimum absolute atomic E-state index is 0.00930. The monoisotopic (exact) mass is 203 g/mol. The van der Waals surface area contributed by atoms with Crippen molar-refractivity contribution in [1.82, 2.24) is 5.32 Å². The summed E-state index contributed by atoms with van der Waals surface area (Å²) in [5.41, 5.74) is 0.104. The zero-order valence-electron chi connectivity index (χ0n) is 14.1. The Morgan fingerprint density at radius 3 is 1.87 bits per heavy atom. The van der Waals surface area contributed by atoms with Gasteiger partial charge in [-0.2, -0.15) is 0 Å². The van der Waals surface area contributed by atoms with Crippen LogP contribution in [0.2, 0.25) is 0 Å². The van der Waals surface area contributed by atoms with Gasteiger partial charge in [0.15, 0.2) is 0 Å². The zero-order valence-corrected chi connectivity index (χ0v) is 8.12. The van der Waals surface area contributed by atoms with Crippen LogP contribution in [0.5, 0.6) is 0 Å². The maximum Gasteiger partial charge on any atom is 0.0626 e. The van der Waals surface area contributed by atoms with Crippen LogP contribution in [0.1, 0.15) is 19.4 Å². The lowest BCUT2D eigenvalue weighted by Gasteiger charge is -2.04. The van der Waals surface area contributed by atoms with E-state index in [0.717, 1.165) is 0 Å². The lowest BCUT2D eigenvalue weighted by Crippen LogP contribution is -2.12. The molecule has 0 amide bonds. The predicted octanol–water partition coefficient (Wildman–Crippen LogP) is 2.98. The average Bonchev–Trinajstić information content (AvgIpc) is 2.38. The molecule has 0 saturated heterocycles. The minimum atomic E-state index is -2.23. The molecule has 0 bridgehead atoms. The van der Waals surface area contributed by atoms with E-state index in [9.17, 15) is 0 Å². The lowest BCUT2D eigenvalue weighted by atomic mass is 10.2. The van der Waals surface area contributed by atoms with Crippen molar-refractivity contribution in [3.63, 3.8) is 0 Å². The van der Waals surface area contributed by atoms with Crippen molar-refractivity contribution >= 4 is 0 Å². The topological polar surface area (TPSA) is 12.0 Å². The van der Waals surface area contributed by atoms with Gasteiger partial charge in [-0.05, 0) is 11.1 Å². The highest BCUT2D eigenvalue weighted by Gasteiger charge is 1.92. The molecule has 0 aliphatic carbocycles. The van der Waals surface area contributed by atoms with E-state index in [2.05, 4.69) is 5.32 Å². The Kier molecular flexibility index (Phi) is 1.76. The molecule has 0 radical (unpaired) electrons. The van der Waals surface area contributed by atoms with Crippen LogP contribution in [0.3, 0.4) is 0 Å². The number of hydrogen-bond acceptors (Lipinski definition) is 1. The lowest BCUT2D eigenvalue weighted by molar-refractivity contribution is 0.693. The molecule has 1 nitrogen and oxygen atoms in total. The minimum Gasteiger partial charge on any atom is -0.309 e.